The highest BCUT2D eigenvalue weighted by Gasteiger charge is 2.28. The normalized spacial score (nSPS) is 20.0. The van der Waals surface area contributed by atoms with Crippen LogP contribution in [0.3, 0.4) is 0 Å². The molecule has 2 rings (SSSR count). The molecule has 1 heterocycles. The molecule has 9 heteroatoms. The summed E-state index contributed by atoms with van der Waals surface area (Å²) in [5.74, 6) is -0.779. The molecule has 26 heavy (non-hydrogen) atoms. The SMILES string of the molecule is C[C@@H]1CCC[C@H](C)N1C(=O)CO/N=C\C(=O)Nc1cccc([N+](=O)[O-])c1. The standard InChI is InChI=1S/C17H22N4O5/c1-12-5-3-6-13(2)20(12)17(23)11-26-18-10-16(22)19-14-7-4-8-15(9-14)21(24)25/h4,7-10,12-13H,3,5-6,11H2,1-2H3,(H,19,22)/b18-10-/t12-,13+. The highest BCUT2D eigenvalue weighted by Crippen LogP contribution is 2.22. The minimum absolute atomic E-state index is 0.133. The third-order valence-corrected chi connectivity index (χ3v) is 4.24. The van der Waals surface area contributed by atoms with Crippen LogP contribution in [0.25, 0.3) is 0 Å². The number of hydrogen-bond donors (Lipinski definition) is 1. The molecule has 9 nitrogen and oxygen atoms in total. The number of nitro benzene ring substituents is 1. The van der Waals surface area contributed by atoms with Crippen LogP contribution in [-0.2, 0) is 14.4 Å². The lowest BCUT2D eigenvalue weighted by Crippen LogP contribution is -2.48. The van der Waals surface area contributed by atoms with Crippen LogP contribution in [0.15, 0.2) is 29.4 Å². The van der Waals surface area contributed by atoms with Crippen LogP contribution in [0.4, 0.5) is 11.4 Å². The highest BCUT2D eigenvalue weighted by molar-refractivity contribution is 6.31. The Balaban J connectivity index is 1.81. The van der Waals surface area contributed by atoms with Gasteiger partial charge in [-0.25, -0.2) is 0 Å². The average Bonchev–Trinajstić information content (AvgIpc) is 2.59. The molecule has 2 atom stereocenters. The van der Waals surface area contributed by atoms with Crippen LogP contribution in [0.2, 0.25) is 0 Å². The Hall–Kier alpha value is -2.97. The second kappa shape index (κ2) is 8.93. The van der Waals surface area contributed by atoms with Crippen molar-refractivity contribution in [1.82, 2.24) is 4.90 Å². The van der Waals surface area contributed by atoms with Crippen molar-refractivity contribution < 1.29 is 19.3 Å². The van der Waals surface area contributed by atoms with Crippen molar-refractivity contribution in [1.29, 1.82) is 0 Å². The molecule has 140 valence electrons. The summed E-state index contributed by atoms with van der Waals surface area (Å²) in [5, 5.41) is 16.6. The van der Waals surface area contributed by atoms with E-state index in [1.165, 1.54) is 24.3 Å². The van der Waals surface area contributed by atoms with Gasteiger partial charge in [0.2, 0.25) is 0 Å². The largest absolute Gasteiger partial charge is 0.386 e. The van der Waals surface area contributed by atoms with E-state index in [0.29, 0.717) is 0 Å². The smallest absolute Gasteiger partial charge is 0.271 e. The van der Waals surface area contributed by atoms with E-state index in [4.69, 9.17) is 4.84 Å². The quantitative estimate of drug-likeness (QED) is 0.474. The van der Waals surface area contributed by atoms with Crippen molar-refractivity contribution >= 4 is 29.4 Å². The van der Waals surface area contributed by atoms with E-state index in [-0.39, 0.29) is 36.0 Å². The van der Waals surface area contributed by atoms with Crippen LogP contribution in [-0.4, -0.2) is 46.5 Å². The summed E-state index contributed by atoms with van der Waals surface area (Å²) in [5.41, 5.74) is 0.133. The molecule has 1 aromatic carbocycles. The van der Waals surface area contributed by atoms with Crippen molar-refractivity contribution in [3.8, 4) is 0 Å². The fourth-order valence-corrected chi connectivity index (χ4v) is 3.04. The summed E-state index contributed by atoms with van der Waals surface area (Å²) < 4.78 is 0. The molecule has 1 N–H and O–H groups in total. The number of non-ortho nitro benzene ring substituents is 1. The molecule has 0 unspecified atom stereocenters. The molecule has 0 bridgehead atoms. The van der Waals surface area contributed by atoms with Gasteiger partial charge in [0.15, 0.2) is 6.61 Å². The third kappa shape index (κ3) is 5.27. The van der Waals surface area contributed by atoms with Crippen LogP contribution >= 0.6 is 0 Å². The van der Waals surface area contributed by atoms with Crippen LogP contribution in [0.1, 0.15) is 33.1 Å². The maximum atomic E-state index is 12.2. The number of amides is 2. The predicted molar refractivity (Wildman–Crippen MR) is 95.8 cm³/mol. The maximum Gasteiger partial charge on any atom is 0.271 e. The van der Waals surface area contributed by atoms with Gasteiger partial charge in [0, 0.05) is 29.9 Å². The number of nitro groups is 1. The summed E-state index contributed by atoms with van der Waals surface area (Å²) in [4.78, 5) is 40.8. The molecule has 1 saturated heterocycles. The highest BCUT2D eigenvalue weighted by atomic mass is 16.6. The van der Waals surface area contributed by atoms with Crippen LogP contribution in [0, 0.1) is 10.1 Å². The number of hydrogen-bond acceptors (Lipinski definition) is 6. The van der Waals surface area contributed by atoms with Crippen LogP contribution < -0.4 is 5.32 Å². The first-order chi connectivity index (χ1) is 12.4. The van der Waals surface area contributed by atoms with Crippen LogP contribution in [0.5, 0.6) is 0 Å². The molecular formula is C17H22N4O5. The van der Waals surface area contributed by atoms with Crippen molar-refractivity contribution in [3.63, 3.8) is 0 Å². The first kappa shape index (κ1) is 19.4. The zero-order chi connectivity index (χ0) is 19.1. The summed E-state index contributed by atoms with van der Waals surface area (Å²) in [6, 6.07) is 5.85. The number of likely N-dealkylation sites (tertiary alicyclic amines) is 1. The lowest BCUT2D eigenvalue weighted by atomic mass is 9.97. The van der Waals surface area contributed by atoms with Crippen molar-refractivity contribution in [2.75, 3.05) is 11.9 Å². The summed E-state index contributed by atoms with van der Waals surface area (Å²) in [7, 11) is 0. The first-order valence-electron chi connectivity index (χ1n) is 8.40. The Morgan fingerprint density at radius 2 is 2.08 bits per heavy atom. The summed E-state index contributed by atoms with van der Waals surface area (Å²) in [6.07, 6.45) is 3.91. The summed E-state index contributed by atoms with van der Waals surface area (Å²) >= 11 is 0. The van der Waals surface area contributed by atoms with Crippen molar-refractivity contribution in [2.45, 2.75) is 45.2 Å². The number of rotatable bonds is 6. The molecular weight excluding hydrogens is 340 g/mol. The van der Waals surface area contributed by atoms with E-state index < -0.39 is 10.8 Å². The number of nitrogens with zero attached hydrogens (tertiary/aromatic N) is 3. The van der Waals surface area contributed by atoms with E-state index in [1.54, 1.807) is 4.90 Å². The first-order valence-corrected chi connectivity index (χ1v) is 8.40. The van der Waals surface area contributed by atoms with Gasteiger partial charge < -0.3 is 15.1 Å². The molecule has 1 aliphatic heterocycles. The second-order valence-corrected chi connectivity index (χ2v) is 6.23. The second-order valence-electron chi connectivity index (χ2n) is 6.23. The van der Waals surface area contributed by atoms with Gasteiger partial charge in [-0.2, -0.15) is 0 Å². The number of carbonyl (C=O) groups excluding carboxylic acids is 2. The van der Waals surface area contributed by atoms with Gasteiger partial charge in [-0.3, -0.25) is 19.7 Å². The number of anilines is 1. The number of carbonyl (C=O) groups is 2. The summed E-state index contributed by atoms with van der Waals surface area (Å²) in [6.45, 7) is 3.77. The van der Waals surface area contributed by atoms with Gasteiger partial charge in [0.1, 0.15) is 6.21 Å². The molecule has 2 amide bonds. The van der Waals surface area contributed by atoms with Gasteiger partial charge >= 0.3 is 0 Å². The Labute approximate surface area is 151 Å². The molecule has 0 radical (unpaired) electrons. The van der Waals surface area contributed by atoms with Crippen molar-refractivity contribution in [2.24, 2.45) is 5.16 Å². The number of piperidine rings is 1. The molecule has 0 saturated carbocycles. The monoisotopic (exact) mass is 362 g/mol. The Morgan fingerprint density at radius 3 is 2.73 bits per heavy atom. The molecule has 1 aliphatic rings. The van der Waals surface area contributed by atoms with E-state index >= 15 is 0 Å². The molecule has 1 fully saturated rings. The van der Waals surface area contributed by atoms with Crippen molar-refractivity contribution in [3.05, 3.63) is 34.4 Å². The average molecular weight is 362 g/mol. The minimum Gasteiger partial charge on any atom is -0.386 e. The van der Waals surface area contributed by atoms with Gasteiger partial charge in [-0.1, -0.05) is 11.2 Å². The minimum atomic E-state index is -0.613. The number of nitrogens with one attached hydrogen (secondary N) is 1. The zero-order valence-electron chi connectivity index (χ0n) is 14.8. The van der Waals surface area contributed by atoms with Gasteiger partial charge in [-0.05, 0) is 39.2 Å². The number of benzene rings is 1. The van der Waals surface area contributed by atoms with Gasteiger partial charge in [-0.15, -0.1) is 0 Å². The number of oxime groups is 1. The van der Waals surface area contributed by atoms with E-state index in [9.17, 15) is 19.7 Å². The predicted octanol–water partition coefficient (Wildman–Crippen LogP) is 2.33. The van der Waals surface area contributed by atoms with Gasteiger partial charge in [0.05, 0.1) is 4.92 Å². The maximum absolute atomic E-state index is 12.2. The van der Waals surface area contributed by atoms with E-state index in [2.05, 4.69) is 10.5 Å². The topological polar surface area (TPSA) is 114 Å². The lowest BCUT2D eigenvalue weighted by Gasteiger charge is -2.38. The fourth-order valence-electron chi connectivity index (χ4n) is 3.04. The lowest BCUT2D eigenvalue weighted by molar-refractivity contribution is -0.384. The Bertz CT molecular complexity index is 696. The van der Waals surface area contributed by atoms with E-state index in [1.807, 2.05) is 13.8 Å². The van der Waals surface area contributed by atoms with Gasteiger partial charge in [0.25, 0.3) is 17.5 Å². The van der Waals surface area contributed by atoms with E-state index in [0.717, 1.165) is 25.5 Å². The Morgan fingerprint density at radius 1 is 1.38 bits per heavy atom. The molecule has 1 aromatic rings. The Kier molecular flexibility index (Phi) is 6.65. The third-order valence-electron chi connectivity index (χ3n) is 4.24. The fraction of sp³-hybridized carbons (Fsp3) is 0.471. The molecule has 0 aliphatic carbocycles. The molecule has 0 aromatic heterocycles. The molecule has 0 spiro atoms. The zero-order valence-corrected chi connectivity index (χ0v) is 14.8.